The molecule has 21 heavy (non-hydrogen) atoms. The third-order valence-corrected chi connectivity index (χ3v) is 4.61. The van der Waals surface area contributed by atoms with Gasteiger partial charge in [0, 0.05) is 6.04 Å². The van der Waals surface area contributed by atoms with Crippen LogP contribution in [0, 0.1) is 5.82 Å². The molecule has 1 aromatic heterocycles. The van der Waals surface area contributed by atoms with Crippen LogP contribution in [0.25, 0.3) is 0 Å². The van der Waals surface area contributed by atoms with Crippen molar-refractivity contribution in [3.8, 4) is 0 Å². The summed E-state index contributed by atoms with van der Waals surface area (Å²) in [7, 11) is 0. The minimum absolute atomic E-state index is 0.0819. The standard InChI is InChI=1S/C14H18FN5S/c1-3-16-9(2)11-5-4-6-12(15)13(11)21-14-17-18-19-20(14)10-7-8-10/h4-6,9-10,16H,3,7-8H2,1-2H3. The highest BCUT2D eigenvalue weighted by Crippen LogP contribution is 2.40. The number of aromatic nitrogens is 4. The van der Waals surface area contributed by atoms with Gasteiger partial charge in [0.15, 0.2) is 0 Å². The maximum Gasteiger partial charge on any atom is 0.214 e. The molecule has 0 saturated heterocycles. The van der Waals surface area contributed by atoms with Gasteiger partial charge in [-0.25, -0.2) is 9.07 Å². The van der Waals surface area contributed by atoms with E-state index >= 15 is 0 Å². The second kappa shape index (κ2) is 6.11. The fraction of sp³-hybridized carbons (Fsp3) is 0.500. The summed E-state index contributed by atoms with van der Waals surface area (Å²) in [6.45, 7) is 4.91. The number of tetrazole rings is 1. The monoisotopic (exact) mass is 307 g/mol. The van der Waals surface area contributed by atoms with Gasteiger partial charge in [-0.1, -0.05) is 19.1 Å². The van der Waals surface area contributed by atoms with Crippen LogP contribution in [0.5, 0.6) is 0 Å². The Morgan fingerprint density at radius 3 is 3.00 bits per heavy atom. The van der Waals surface area contributed by atoms with Crippen molar-refractivity contribution in [2.45, 2.75) is 48.8 Å². The zero-order valence-electron chi connectivity index (χ0n) is 12.1. The first-order valence-corrected chi connectivity index (χ1v) is 8.00. The highest BCUT2D eigenvalue weighted by molar-refractivity contribution is 7.99. The molecular formula is C14H18FN5S. The van der Waals surface area contributed by atoms with E-state index in [9.17, 15) is 4.39 Å². The lowest BCUT2D eigenvalue weighted by Crippen LogP contribution is -2.18. The molecule has 1 saturated carbocycles. The maximum atomic E-state index is 14.3. The number of hydrogen-bond donors (Lipinski definition) is 1. The molecule has 2 aromatic rings. The summed E-state index contributed by atoms with van der Waals surface area (Å²) in [6.07, 6.45) is 2.19. The van der Waals surface area contributed by atoms with Crippen molar-refractivity contribution >= 4 is 11.8 Å². The molecule has 0 aliphatic heterocycles. The highest BCUT2D eigenvalue weighted by Gasteiger charge is 2.29. The van der Waals surface area contributed by atoms with Crippen molar-refractivity contribution in [1.82, 2.24) is 25.5 Å². The smallest absolute Gasteiger partial charge is 0.214 e. The number of halogens is 1. The van der Waals surface area contributed by atoms with Gasteiger partial charge in [-0.05, 0) is 60.1 Å². The Balaban J connectivity index is 1.91. The molecule has 3 rings (SSSR count). The van der Waals surface area contributed by atoms with Gasteiger partial charge in [-0.15, -0.1) is 5.10 Å². The molecule has 5 nitrogen and oxygen atoms in total. The van der Waals surface area contributed by atoms with Gasteiger partial charge in [0.1, 0.15) is 5.82 Å². The second-order valence-electron chi connectivity index (χ2n) is 5.18. The Labute approximate surface area is 127 Å². The summed E-state index contributed by atoms with van der Waals surface area (Å²) < 4.78 is 16.1. The van der Waals surface area contributed by atoms with Crippen LogP contribution in [-0.4, -0.2) is 26.8 Å². The van der Waals surface area contributed by atoms with Gasteiger partial charge in [0.05, 0.1) is 10.9 Å². The van der Waals surface area contributed by atoms with E-state index in [0.717, 1.165) is 24.9 Å². The molecule has 1 unspecified atom stereocenters. The molecule has 7 heteroatoms. The topological polar surface area (TPSA) is 55.6 Å². The maximum absolute atomic E-state index is 14.3. The van der Waals surface area contributed by atoms with Gasteiger partial charge in [-0.2, -0.15) is 0 Å². The zero-order valence-corrected chi connectivity index (χ0v) is 12.9. The molecule has 0 spiro atoms. The van der Waals surface area contributed by atoms with Crippen LogP contribution < -0.4 is 5.32 Å². The molecule has 1 atom stereocenters. The minimum atomic E-state index is -0.229. The quantitative estimate of drug-likeness (QED) is 0.889. The van der Waals surface area contributed by atoms with Gasteiger partial charge in [-0.3, -0.25) is 0 Å². The number of nitrogens with zero attached hydrogens (tertiary/aromatic N) is 4. The molecule has 0 bridgehead atoms. The van der Waals surface area contributed by atoms with E-state index in [1.807, 2.05) is 19.9 Å². The lowest BCUT2D eigenvalue weighted by molar-refractivity contribution is 0.552. The molecule has 0 radical (unpaired) electrons. The van der Waals surface area contributed by atoms with E-state index < -0.39 is 0 Å². The van der Waals surface area contributed by atoms with Crippen molar-refractivity contribution in [1.29, 1.82) is 0 Å². The van der Waals surface area contributed by atoms with E-state index in [-0.39, 0.29) is 11.9 Å². The molecular weight excluding hydrogens is 289 g/mol. The second-order valence-corrected chi connectivity index (χ2v) is 6.15. The Kier molecular flexibility index (Phi) is 4.21. The fourth-order valence-electron chi connectivity index (χ4n) is 2.28. The third-order valence-electron chi connectivity index (χ3n) is 3.52. The highest BCUT2D eigenvalue weighted by atomic mass is 32.2. The Morgan fingerprint density at radius 1 is 1.48 bits per heavy atom. The molecule has 0 amide bonds. The Morgan fingerprint density at radius 2 is 2.29 bits per heavy atom. The van der Waals surface area contributed by atoms with Crippen molar-refractivity contribution in [3.63, 3.8) is 0 Å². The first kappa shape index (κ1) is 14.5. The molecule has 1 fully saturated rings. The number of nitrogens with one attached hydrogen (secondary N) is 1. The van der Waals surface area contributed by atoms with Gasteiger partial charge >= 0.3 is 0 Å². The van der Waals surface area contributed by atoms with Crippen LogP contribution in [0.2, 0.25) is 0 Å². The average Bonchev–Trinajstić information content (AvgIpc) is 3.21. The molecule has 1 aromatic carbocycles. The van der Waals surface area contributed by atoms with E-state index in [0.29, 0.717) is 16.1 Å². The minimum Gasteiger partial charge on any atom is -0.310 e. The van der Waals surface area contributed by atoms with Gasteiger partial charge in [0.2, 0.25) is 5.16 Å². The summed E-state index contributed by atoms with van der Waals surface area (Å²) in [6, 6.07) is 5.63. The number of hydrogen-bond acceptors (Lipinski definition) is 5. The van der Waals surface area contributed by atoms with Gasteiger partial charge in [0.25, 0.3) is 0 Å². The summed E-state index contributed by atoms with van der Waals surface area (Å²) in [5.74, 6) is -0.229. The number of rotatable bonds is 6. The predicted octanol–water partition coefficient (Wildman–Crippen LogP) is 2.97. The van der Waals surface area contributed by atoms with Crippen molar-refractivity contribution < 1.29 is 4.39 Å². The summed E-state index contributed by atoms with van der Waals surface area (Å²) in [4.78, 5) is 0.600. The Bertz CT molecular complexity index is 626. The van der Waals surface area contributed by atoms with E-state index in [2.05, 4.69) is 20.8 Å². The SMILES string of the molecule is CCNC(C)c1cccc(F)c1Sc1nnnn1C1CC1. The van der Waals surface area contributed by atoms with Gasteiger partial charge < -0.3 is 5.32 Å². The first-order chi connectivity index (χ1) is 10.2. The zero-order chi connectivity index (χ0) is 14.8. The van der Waals surface area contributed by atoms with Crippen LogP contribution in [0.15, 0.2) is 28.3 Å². The molecule has 1 heterocycles. The summed E-state index contributed by atoms with van der Waals surface area (Å²) in [5.41, 5.74) is 0.937. The Hall–Kier alpha value is -1.47. The lowest BCUT2D eigenvalue weighted by Gasteiger charge is -2.17. The predicted molar refractivity (Wildman–Crippen MR) is 78.7 cm³/mol. The van der Waals surface area contributed by atoms with Crippen LogP contribution >= 0.6 is 11.8 Å². The van der Waals surface area contributed by atoms with E-state index in [1.165, 1.54) is 17.8 Å². The van der Waals surface area contributed by atoms with E-state index in [1.54, 1.807) is 10.7 Å². The summed E-state index contributed by atoms with van der Waals surface area (Å²) in [5, 5.41) is 15.8. The molecule has 112 valence electrons. The van der Waals surface area contributed by atoms with Crippen LogP contribution in [-0.2, 0) is 0 Å². The third kappa shape index (κ3) is 3.08. The van der Waals surface area contributed by atoms with Crippen molar-refractivity contribution in [2.75, 3.05) is 6.54 Å². The van der Waals surface area contributed by atoms with E-state index in [4.69, 9.17) is 0 Å². The first-order valence-electron chi connectivity index (χ1n) is 7.18. The fourth-order valence-corrected chi connectivity index (χ4v) is 3.35. The number of benzene rings is 1. The molecule has 1 N–H and O–H groups in total. The normalized spacial score (nSPS) is 16.1. The van der Waals surface area contributed by atoms with Crippen LogP contribution in [0.4, 0.5) is 4.39 Å². The van der Waals surface area contributed by atoms with Crippen LogP contribution in [0.3, 0.4) is 0 Å². The van der Waals surface area contributed by atoms with Crippen molar-refractivity contribution in [3.05, 3.63) is 29.6 Å². The lowest BCUT2D eigenvalue weighted by atomic mass is 10.1. The average molecular weight is 307 g/mol. The summed E-state index contributed by atoms with van der Waals surface area (Å²) >= 11 is 1.31. The molecule has 1 aliphatic carbocycles. The largest absolute Gasteiger partial charge is 0.310 e. The van der Waals surface area contributed by atoms with Crippen molar-refractivity contribution in [2.24, 2.45) is 0 Å². The molecule has 1 aliphatic rings. The van der Waals surface area contributed by atoms with Crippen LogP contribution in [0.1, 0.15) is 44.3 Å².